The van der Waals surface area contributed by atoms with Crippen LogP contribution < -0.4 is 0 Å². The van der Waals surface area contributed by atoms with Gasteiger partial charge in [-0.1, -0.05) is 35.0 Å². The van der Waals surface area contributed by atoms with Crippen molar-refractivity contribution in [1.29, 1.82) is 0 Å². The van der Waals surface area contributed by atoms with Crippen molar-refractivity contribution < 1.29 is 9.53 Å². The van der Waals surface area contributed by atoms with E-state index in [0.717, 1.165) is 17.0 Å². The van der Waals surface area contributed by atoms with E-state index in [1.54, 1.807) is 59.5 Å². The van der Waals surface area contributed by atoms with E-state index in [2.05, 4.69) is 15.0 Å². The Hall–Kier alpha value is -3.07. The molecular formula is C22H15Cl2N5O2S. The minimum atomic E-state index is -0.461. The smallest absolute Gasteiger partial charge is 0.341 e. The molecule has 5 aromatic rings. The van der Waals surface area contributed by atoms with E-state index in [1.165, 1.54) is 11.8 Å². The molecule has 160 valence electrons. The molecule has 0 aromatic carbocycles. The van der Waals surface area contributed by atoms with Crippen molar-refractivity contribution in [3.05, 3.63) is 94.4 Å². The number of fused-ring (bicyclic) bond motifs is 2. The lowest BCUT2D eigenvalue weighted by Crippen LogP contribution is -2.08. The minimum absolute atomic E-state index is 0.0460. The average molecular weight is 484 g/mol. The molecule has 10 heteroatoms. The van der Waals surface area contributed by atoms with Crippen LogP contribution in [0.1, 0.15) is 21.7 Å². The summed E-state index contributed by atoms with van der Waals surface area (Å²) in [7, 11) is 0. The van der Waals surface area contributed by atoms with Crippen molar-refractivity contribution in [2.24, 2.45) is 0 Å². The summed E-state index contributed by atoms with van der Waals surface area (Å²) >= 11 is 13.5. The summed E-state index contributed by atoms with van der Waals surface area (Å²) in [6.45, 7) is 0.0460. The molecule has 0 aliphatic heterocycles. The first-order valence-electron chi connectivity index (χ1n) is 9.56. The lowest BCUT2D eigenvalue weighted by atomic mass is 10.3. The molecule has 0 aliphatic rings. The molecule has 0 atom stereocenters. The number of ether oxygens (including phenoxy) is 1. The Morgan fingerprint density at radius 3 is 2.28 bits per heavy atom. The molecule has 5 aromatic heterocycles. The van der Waals surface area contributed by atoms with Crippen LogP contribution in [0.2, 0.25) is 10.0 Å². The minimum Gasteiger partial charge on any atom is -0.455 e. The molecule has 0 bridgehead atoms. The van der Waals surface area contributed by atoms with Crippen LogP contribution in [0.15, 0.2) is 72.4 Å². The molecule has 32 heavy (non-hydrogen) atoms. The van der Waals surface area contributed by atoms with Crippen LogP contribution in [-0.4, -0.2) is 29.7 Å². The molecular weight excluding hydrogens is 469 g/mol. The van der Waals surface area contributed by atoms with E-state index in [9.17, 15) is 4.79 Å². The number of carbonyl (C=O) groups is 1. The Labute approximate surface area is 197 Å². The zero-order valence-electron chi connectivity index (χ0n) is 16.5. The monoisotopic (exact) mass is 483 g/mol. The van der Waals surface area contributed by atoms with E-state index in [0.29, 0.717) is 32.1 Å². The summed E-state index contributed by atoms with van der Waals surface area (Å²) in [6, 6.07) is 10.6. The summed E-state index contributed by atoms with van der Waals surface area (Å²) in [5, 5.41) is 1.82. The van der Waals surface area contributed by atoms with Crippen LogP contribution in [0.4, 0.5) is 0 Å². The Kier molecular flexibility index (Phi) is 5.73. The standard InChI is InChI=1S/C22H15Cl2N5O2S/c23-14-3-5-19-26-16(10-28(19)8-14)12-31-22(30)18-2-1-7-25-21(18)32-13-17-11-29-9-15(24)4-6-20(29)27-17/h1-11H,12-13H2. The molecule has 0 fully saturated rings. The maximum Gasteiger partial charge on any atom is 0.341 e. The third kappa shape index (κ3) is 4.43. The Morgan fingerprint density at radius 2 is 1.56 bits per heavy atom. The third-order valence-corrected chi connectivity index (χ3v) is 6.11. The predicted molar refractivity (Wildman–Crippen MR) is 123 cm³/mol. The van der Waals surface area contributed by atoms with Crippen LogP contribution in [-0.2, 0) is 17.1 Å². The Bertz CT molecular complexity index is 1450. The van der Waals surface area contributed by atoms with Gasteiger partial charge in [-0.25, -0.2) is 19.7 Å². The second kappa shape index (κ2) is 8.82. The molecule has 0 unspecified atom stereocenters. The summed E-state index contributed by atoms with van der Waals surface area (Å²) < 4.78 is 9.15. The lowest BCUT2D eigenvalue weighted by molar-refractivity contribution is 0.0463. The maximum absolute atomic E-state index is 12.7. The average Bonchev–Trinajstić information content (AvgIpc) is 3.38. The normalized spacial score (nSPS) is 11.3. The van der Waals surface area contributed by atoms with Gasteiger partial charge in [0.2, 0.25) is 0 Å². The van der Waals surface area contributed by atoms with Gasteiger partial charge in [0.05, 0.1) is 27.0 Å². The molecule has 0 spiro atoms. The molecule has 0 saturated heterocycles. The van der Waals surface area contributed by atoms with Crippen LogP contribution in [0.25, 0.3) is 11.3 Å². The van der Waals surface area contributed by atoms with Gasteiger partial charge in [0, 0.05) is 36.7 Å². The third-order valence-electron chi connectivity index (χ3n) is 4.63. The predicted octanol–water partition coefficient (Wildman–Crippen LogP) is 5.33. The van der Waals surface area contributed by atoms with Gasteiger partial charge in [-0.05, 0) is 36.4 Å². The van der Waals surface area contributed by atoms with Crippen molar-refractivity contribution in [3.63, 3.8) is 0 Å². The van der Waals surface area contributed by atoms with Crippen LogP contribution >= 0.6 is 35.0 Å². The number of pyridine rings is 3. The molecule has 0 amide bonds. The summed E-state index contributed by atoms with van der Waals surface area (Å²) in [6.07, 6.45) is 8.88. The van der Waals surface area contributed by atoms with Crippen molar-refractivity contribution in [3.8, 4) is 0 Å². The molecule has 5 rings (SSSR count). The van der Waals surface area contributed by atoms with Gasteiger partial charge in [0.15, 0.2) is 0 Å². The van der Waals surface area contributed by atoms with E-state index in [-0.39, 0.29) is 6.61 Å². The first kappa shape index (κ1) is 20.8. The van der Waals surface area contributed by atoms with Gasteiger partial charge in [0.25, 0.3) is 0 Å². The summed E-state index contributed by atoms with van der Waals surface area (Å²) in [4.78, 5) is 26.1. The second-order valence-corrected chi connectivity index (χ2v) is 8.75. The number of nitrogens with zero attached hydrogens (tertiary/aromatic N) is 5. The van der Waals surface area contributed by atoms with Crippen molar-refractivity contribution in [1.82, 2.24) is 23.8 Å². The number of thioether (sulfide) groups is 1. The molecule has 5 heterocycles. The number of hydrogen-bond donors (Lipinski definition) is 0. The zero-order valence-corrected chi connectivity index (χ0v) is 18.8. The van der Waals surface area contributed by atoms with Gasteiger partial charge in [0.1, 0.15) is 22.9 Å². The Balaban J connectivity index is 1.27. The maximum atomic E-state index is 12.7. The largest absolute Gasteiger partial charge is 0.455 e. The Morgan fingerprint density at radius 1 is 0.906 bits per heavy atom. The lowest BCUT2D eigenvalue weighted by Gasteiger charge is -2.07. The van der Waals surface area contributed by atoms with E-state index < -0.39 is 5.97 Å². The van der Waals surface area contributed by atoms with Gasteiger partial charge in [-0.2, -0.15) is 0 Å². The fourth-order valence-electron chi connectivity index (χ4n) is 3.19. The van der Waals surface area contributed by atoms with Gasteiger partial charge < -0.3 is 13.5 Å². The molecule has 0 aliphatic carbocycles. The fraction of sp³-hybridized carbons (Fsp3) is 0.0909. The first-order valence-corrected chi connectivity index (χ1v) is 11.3. The van der Waals surface area contributed by atoms with Crippen molar-refractivity contribution in [2.75, 3.05) is 0 Å². The van der Waals surface area contributed by atoms with Gasteiger partial charge in [-0.15, -0.1) is 0 Å². The summed E-state index contributed by atoms with van der Waals surface area (Å²) in [5.41, 5.74) is 3.41. The number of halogens is 2. The highest BCUT2D eigenvalue weighted by Gasteiger charge is 2.16. The van der Waals surface area contributed by atoms with Crippen LogP contribution in [0.5, 0.6) is 0 Å². The molecule has 0 N–H and O–H groups in total. The second-order valence-electron chi connectivity index (χ2n) is 6.91. The number of aromatic nitrogens is 5. The van der Waals surface area contributed by atoms with Crippen molar-refractivity contribution >= 4 is 52.2 Å². The number of carbonyl (C=O) groups excluding carboxylic acids is 1. The molecule has 7 nitrogen and oxygen atoms in total. The highest BCUT2D eigenvalue weighted by atomic mass is 35.5. The van der Waals surface area contributed by atoms with Gasteiger partial charge >= 0.3 is 5.97 Å². The van der Waals surface area contributed by atoms with E-state index in [1.807, 2.05) is 16.7 Å². The number of hydrogen-bond acceptors (Lipinski definition) is 6. The number of esters is 1. The SMILES string of the molecule is O=C(OCc1cn2cc(Cl)ccc2n1)c1cccnc1SCc1cn2cc(Cl)ccc2n1. The van der Waals surface area contributed by atoms with Crippen molar-refractivity contribution in [2.45, 2.75) is 17.4 Å². The molecule has 0 radical (unpaired) electrons. The zero-order chi connectivity index (χ0) is 22.1. The quantitative estimate of drug-likeness (QED) is 0.240. The van der Waals surface area contributed by atoms with Crippen LogP contribution in [0, 0.1) is 0 Å². The fourth-order valence-corrected chi connectivity index (χ4v) is 4.40. The first-order chi connectivity index (χ1) is 15.5. The van der Waals surface area contributed by atoms with E-state index in [4.69, 9.17) is 27.9 Å². The highest BCUT2D eigenvalue weighted by molar-refractivity contribution is 7.98. The topological polar surface area (TPSA) is 73.8 Å². The summed E-state index contributed by atoms with van der Waals surface area (Å²) in [5.74, 6) is 0.0847. The number of imidazole rings is 2. The van der Waals surface area contributed by atoms with Crippen LogP contribution in [0.3, 0.4) is 0 Å². The number of rotatable bonds is 6. The molecule has 0 saturated carbocycles. The van der Waals surface area contributed by atoms with E-state index >= 15 is 0 Å². The van der Waals surface area contributed by atoms with Gasteiger partial charge in [-0.3, -0.25) is 0 Å². The highest BCUT2D eigenvalue weighted by Crippen LogP contribution is 2.25.